The second kappa shape index (κ2) is 10.2. The van der Waals surface area contributed by atoms with Gasteiger partial charge in [0.05, 0.1) is 19.3 Å². The monoisotopic (exact) mass is 564 g/mol. The Morgan fingerprint density at radius 1 is 1.14 bits per heavy atom. The first kappa shape index (κ1) is 28.2. The van der Waals surface area contributed by atoms with Crippen molar-refractivity contribution in [1.82, 2.24) is 19.5 Å². The fourth-order valence-electron chi connectivity index (χ4n) is 3.55. The van der Waals surface area contributed by atoms with Crippen molar-refractivity contribution < 1.29 is 61.4 Å². The second-order valence-electron chi connectivity index (χ2n) is 7.45. The van der Waals surface area contributed by atoms with Gasteiger partial charge in [0.1, 0.15) is 18.3 Å². The Morgan fingerprint density at radius 2 is 1.83 bits per heavy atom. The molecule has 198 valence electrons. The number of phosphoric ester groups is 1. The summed E-state index contributed by atoms with van der Waals surface area (Å²) in [6.45, 7) is 0.851. The molecule has 1 fully saturated rings. The Balaban J connectivity index is 1.85. The van der Waals surface area contributed by atoms with Gasteiger partial charge in [0.15, 0.2) is 16.9 Å². The molecule has 0 amide bonds. The molecule has 35 heavy (non-hydrogen) atoms. The largest absolute Gasteiger partial charge is 0.490 e. The van der Waals surface area contributed by atoms with Crippen LogP contribution in [0, 0.1) is 0 Å². The van der Waals surface area contributed by atoms with E-state index in [0.717, 1.165) is 6.33 Å². The number of nitrogens with zero attached hydrogens (tertiary/aromatic N) is 3. The van der Waals surface area contributed by atoms with Gasteiger partial charge >= 0.3 is 23.5 Å². The van der Waals surface area contributed by atoms with Gasteiger partial charge in [-0.25, -0.2) is 23.7 Å². The second-order valence-corrected chi connectivity index (χ2v) is 11.9. The molecule has 1 aliphatic heterocycles. The van der Waals surface area contributed by atoms with Crippen molar-refractivity contribution in [3.05, 3.63) is 23.0 Å². The smallest absolute Gasteiger partial charge is 0.387 e. The molecule has 2 aromatic rings. The lowest BCUT2D eigenvalue weighted by atomic mass is 9.96. The van der Waals surface area contributed by atoms with E-state index >= 15 is 0 Å². The molecule has 2 aromatic heterocycles. The molecule has 3 rings (SSSR count). The fourth-order valence-corrected chi connectivity index (χ4v) is 6.58. The van der Waals surface area contributed by atoms with Crippen molar-refractivity contribution in [1.29, 1.82) is 0 Å². The summed E-state index contributed by atoms with van der Waals surface area (Å²) in [5, 5.41) is 21.5. The Labute approximate surface area is 195 Å². The van der Waals surface area contributed by atoms with E-state index in [1.54, 1.807) is 0 Å². The van der Waals surface area contributed by atoms with Crippen molar-refractivity contribution in [2.24, 2.45) is 0 Å². The number of aromatic amines is 1. The number of phosphoric acid groups is 3. The summed E-state index contributed by atoms with van der Waals surface area (Å²) in [5.41, 5.74) is -2.37. The minimum atomic E-state index is -5.74. The number of nitrogens with one attached hydrogen (secondary N) is 1. The zero-order chi connectivity index (χ0) is 26.2. The maximum absolute atomic E-state index is 12.0. The molecule has 0 bridgehead atoms. The van der Waals surface area contributed by atoms with Gasteiger partial charge in [-0.3, -0.25) is 13.9 Å². The molecule has 1 aliphatic rings. The van der Waals surface area contributed by atoms with Gasteiger partial charge in [0.25, 0.3) is 5.56 Å². The van der Waals surface area contributed by atoms with E-state index < -0.39 is 59.7 Å². The van der Waals surface area contributed by atoms with E-state index in [9.17, 15) is 38.5 Å². The van der Waals surface area contributed by atoms with E-state index in [2.05, 4.69) is 28.1 Å². The molecular formula is C14H23N4O14P3. The number of unbranched alkanes of at least 4 members (excludes halogenated alkanes) is 1. The standard InChI is InChI=1S/C14H23N4O14P3/c1-2-3-4-14(18-7-17-9-12(18)15-6-16-13(9)21)11(20)10(19)8(30-14)5-29-34(25,26)32-35(27,28)31-33(22,23)24/h6-8,10-11,19-20H,2-5H2,1H3,(H,25,26)(H,27,28)(H,15,16,21)(H2,22,23,24)/t8-,10-,11-,14-/m1/s1. The van der Waals surface area contributed by atoms with Crippen molar-refractivity contribution in [2.45, 2.75) is 50.2 Å². The quantitative estimate of drug-likeness (QED) is 0.168. The molecule has 0 aliphatic carbocycles. The molecule has 2 unspecified atom stereocenters. The number of ether oxygens (including phenoxy) is 1. The zero-order valence-corrected chi connectivity index (χ0v) is 20.5. The van der Waals surface area contributed by atoms with Crippen LogP contribution in [0.4, 0.5) is 0 Å². The predicted octanol–water partition coefficient (Wildman–Crippen LogP) is -0.574. The number of hydrogen-bond acceptors (Lipinski definition) is 12. The fraction of sp³-hybridized carbons (Fsp3) is 0.643. The summed E-state index contributed by atoms with van der Waals surface area (Å²) in [6, 6.07) is 0. The Bertz CT molecular complexity index is 1260. The maximum Gasteiger partial charge on any atom is 0.490 e. The van der Waals surface area contributed by atoms with Gasteiger partial charge in [-0.2, -0.15) is 8.62 Å². The van der Waals surface area contributed by atoms with Crippen LogP contribution in [0.5, 0.6) is 0 Å². The number of aliphatic hydroxyl groups is 2. The molecule has 7 N–H and O–H groups in total. The number of aliphatic hydroxyl groups excluding tert-OH is 2. The lowest BCUT2D eigenvalue weighted by Gasteiger charge is -2.33. The van der Waals surface area contributed by atoms with E-state index in [0.29, 0.717) is 12.8 Å². The molecule has 18 nitrogen and oxygen atoms in total. The number of imidazole rings is 1. The summed E-state index contributed by atoms with van der Waals surface area (Å²) in [5.74, 6) is 0. The highest BCUT2D eigenvalue weighted by atomic mass is 31.3. The van der Waals surface area contributed by atoms with E-state index in [1.807, 2.05) is 6.92 Å². The number of H-pyrrole nitrogens is 1. The highest BCUT2D eigenvalue weighted by Crippen LogP contribution is 2.66. The van der Waals surface area contributed by atoms with Crippen LogP contribution in [0.2, 0.25) is 0 Å². The summed E-state index contributed by atoms with van der Waals surface area (Å²) in [7, 11) is -16.8. The molecule has 3 heterocycles. The lowest BCUT2D eigenvalue weighted by molar-refractivity contribution is -0.150. The topological polar surface area (TPSA) is 273 Å². The number of aromatic nitrogens is 4. The number of hydrogen-bond donors (Lipinski definition) is 7. The van der Waals surface area contributed by atoms with Crippen LogP contribution < -0.4 is 5.56 Å². The average Bonchev–Trinajstić information content (AvgIpc) is 3.25. The molecule has 1 saturated heterocycles. The van der Waals surface area contributed by atoms with Crippen LogP contribution >= 0.6 is 23.5 Å². The molecule has 6 atom stereocenters. The van der Waals surface area contributed by atoms with Crippen LogP contribution in [-0.2, 0) is 37.3 Å². The summed E-state index contributed by atoms with van der Waals surface area (Å²) < 4.78 is 53.1. The summed E-state index contributed by atoms with van der Waals surface area (Å²) in [6.07, 6.45) is -1.51. The van der Waals surface area contributed by atoms with Gasteiger partial charge in [-0.05, 0) is 12.8 Å². The third-order valence-electron chi connectivity index (χ3n) is 4.98. The minimum absolute atomic E-state index is 0.0182. The molecule has 0 saturated carbocycles. The van der Waals surface area contributed by atoms with Crippen LogP contribution in [-0.4, -0.2) is 74.2 Å². The maximum atomic E-state index is 12.0. The molecule has 0 aromatic carbocycles. The predicted molar refractivity (Wildman–Crippen MR) is 112 cm³/mol. The van der Waals surface area contributed by atoms with Crippen LogP contribution in [0.1, 0.15) is 26.2 Å². The third kappa shape index (κ3) is 6.32. The lowest BCUT2D eigenvalue weighted by Crippen LogP contribution is -2.45. The highest BCUT2D eigenvalue weighted by molar-refractivity contribution is 7.66. The molecule has 0 spiro atoms. The van der Waals surface area contributed by atoms with Crippen molar-refractivity contribution >= 4 is 34.6 Å². The minimum Gasteiger partial charge on any atom is -0.387 e. The first-order valence-corrected chi connectivity index (χ1v) is 14.4. The van der Waals surface area contributed by atoms with E-state index in [4.69, 9.17) is 14.5 Å². The van der Waals surface area contributed by atoms with Crippen molar-refractivity contribution in [3.63, 3.8) is 0 Å². The normalized spacial score (nSPS) is 28.7. The first-order valence-electron chi connectivity index (χ1n) is 9.84. The number of rotatable bonds is 11. The third-order valence-corrected chi connectivity index (χ3v) is 8.78. The Hall–Kier alpha value is -1.36. The SMILES string of the molecule is CCCC[C@@]1(n2cnc3c(=O)[nH]cnc32)O[C@H](COP(=O)(O)OP(=O)(O)OP(=O)(O)O)[C@@H](O)[C@H]1O. The molecule has 0 radical (unpaired) electrons. The molecule has 21 heteroatoms. The van der Waals surface area contributed by atoms with Crippen molar-refractivity contribution in [2.75, 3.05) is 6.61 Å². The van der Waals surface area contributed by atoms with Crippen molar-refractivity contribution in [3.8, 4) is 0 Å². The van der Waals surface area contributed by atoms with Crippen LogP contribution in [0.3, 0.4) is 0 Å². The van der Waals surface area contributed by atoms with Gasteiger partial charge in [-0.1, -0.05) is 13.3 Å². The van der Waals surface area contributed by atoms with Crippen LogP contribution in [0.25, 0.3) is 11.2 Å². The average molecular weight is 564 g/mol. The first-order chi connectivity index (χ1) is 16.1. The Morgan fingerprint density at radius 3 is 2.46 bits per heavy atom. The summed E-state index contributed by atoms with van der Waals surface area (Å²) >= 11 is 0. The highest BCUT2D eigenvalue weighted by Gasteiger charge is 2.56. The van der Waals surface area contributed by atoms with E-state index in [-0.39, 0.29) is 17.6 Å². The molecular weight excluding hydrogens is 541 g/mol. The van der Waals surface area contributed by atoms with Gasteiger partial charge < -0.3 is 39.5 Å². The van der Waals surface area contributed by atoms with Gasteiger partial charge in [0.2, 0.25) is 0 Å². The van der Waals surface area contributed by atoms with Gasteiger partial charge in [0, 0.05) is 0 Å². The Kier molecular flexibility index (Phi) is 8.21. The summed E-state index contributed by atoms with van der Waals surface area (Å²) in [4.78, 5) is 58.4. The van der Waals surface area contributed by atoms with E-state index in [1.165, 1.54) is 10.9 Å². The zero-order valence-electron chi connectivity index (χ0n) is 17.8. The number of fused-ring (bicyclic) bond motifs is 1. The van der Waals surface area contributed by atoms with Gasteiger partial charge in [-0.15, -0.1) is 0 Å². The van der Waals surface area contributed by atoms with Crippen LogP contribution in [0.15, 0.2) is 17.4 Å².